The molecule has 2 N–H and O–H groups in total. The number of amides is 1. The fraction of sp³-hybridized carbons (Fsp3) is 0.429. The highest BCUT2D eigenvalue weighted by Crippen LogP contribution is 2.04. The molecular weight excluding hydrogens is 242 g/mol. The zero-order chi connectivity index (χ0) is 14.3. The summed E-state index contributed by atoms with van der Waals surface area (Å²) in [7, 11) is 0. The van der Waals surface area contributed by atoms with E-state index in [9.17, 15) is 10.0 Å². The fourth-order valence-electron chi connectivity index (χ4n) is 1.44. The molecule has 0 saturated carbocycles. The number of allylic oxidation sites excluding steroid dienone is 1. The molecule has 5 heteroatoms. The van der Waals surface area contributed by atoms with Gasteiger partial charge in [-0.3, -0.25) is 4.79 Å². The standard InChI is InChI=1S/C14H21N3O2/c1-11(2)4-5-14(18)16-8-7-15-13-6-9-17(19)12(3)10-13/h4-6,9-11,15H,7-8H2,1-3H3,(H,16,18)/b5-4+. The van der Waals surface area contributed by atoms with Gasteiger partial charge in [-0.15, -0.1) is 0 Å². The molecular formula is C14H21N3O2. The predicted octanol–water partition coefficient (Wildman–Crippen LogP) is 1.37. The summed E-state index contributed by atoms with van der Waals surface area (Å²) in [5.41, 5.74) is 1.51. The molecule has 0 radical (unpaired) electrons. The Labute approximate surface area is 113 Å². The molecule has 0 aliphatic heterocycles. The van der Waals surface area contributed by atoms with E-state index in [0.717, 1.165) is 10.4 Å². The fourth-order valence-corrected chi connectivity index (χ4v) is 1.44. The van der Waals surface area contributed by atoms with Crippen LogP contribution < -0.4 is 15.4 Å². The van der Waals surface area contributed by atoms with E-state index in [4.69, 9.17) is 0 Å². The first-order chi connectivity index (χ1) is 8.99. The van der Waals surface area contributed by atoms with Crippen LogP contribution in [0.1, 0.15) is 19.5 Å². The molecule has 0 spiro atoms. The van der Waals surface area contributed by atoms with E-state index < -0.39 is 0 Å². The number of pyridine rings is 1. The lowest BCUT2D eigenvalue weighted by Crippen LogP contribution is -2.30. The highest BCUT2D eigenvalue weighted by Gasteiger charge is 2.00. The van der Waals surface area contributed by atoms with E-state index in [1.54, 1.807) is 25.1 Å². The zero-order valence-electron chi connectivity index (χ0n) is 11.6. The van der Waals surface area contributed by atoms with E-state index in [0.29, 0.717) is 24.7 Å². The Balaban J connectivity index is 2.27. The van der Waals surface area contributed by atoms with Gasteiger partial charge in [-0.05, 0) is 12.0 Å². The second-order valence-electron chi connectivity index (χ2n) is 4.70. The molecule has 0 saturated heterocycles. The van der Waals surface area contributed by atoms with Crippen molar-refractivity contribution in [3.05, 3.63) is 41.4 Å². The Kier molecular flexibility index (Phi) is 5.85. The summed E-state index contributed by atoms with van der Waals surface area (Å²) < 4.78 is 0.809. The van der Waals surface area contributed by atoms with Gasteiger partial charge in [0.15, 0.2) is 11.9 Å². The molecule has 0 aliphatic rings. The third kappa shape index (κ3) is 5.90. The van der Waals surface area contributed by atoms with Crippen LogP contribution in [0, 0.1) is 18.0 Å². The molecule has 1 heterocycles. The van der Waals surface area contributed by atoms with Crippen LogP contribution in [0.15, 0.2) is 30.5 Å². The minimum Gasteiger partial charge on any atom is -0.619 e. The number of aryl methyl sites for hydroxylation is 1. The van der Waals surface area contributed by atoms with Crippen molar-refractivity contribution in [2.45, 2.75) is 20.8 Å². The SMILES string of the molecule is Cc1cc(NCCNC(=O)/C=C/C(C)C)cc[n+]1[O-]. The Hall–Kier alpha value is -2.04. The predicted molar refractivity (Wildman–Crippen MR) is 75.6 cm³/mol. The summed E-state index contributed by atoms with van der Waals surface area (Å²) in [6, 6.07) is 3.48. The van der Waals surface area contributed by atoms with Crippen molar-refractivity contribution in [3.8, 4) is 0 Å². The number of anilines is 1. The van der Waals surface area contributed by atoms with Gasteiger partial charge in [0.05, 0.1) is 0 Å². The molecule has 0 bridgehead atoms. The second-order valence-corrected chi connectivity index (χ2v) is 4.70. The van der Waals surface area contributed by atoms with E-state index in [2.05, 4.69) is 10.6 Å². The third-order valence-corrected chi connectivity index (χ3v) is 2.49. The molecule has 1 amide bonds. The first-order valence-corrected chi connectivity index (χ1v) is 6.39. The number of carbonyl (C=O) groups is 1. The maximum absolute atomic E-state index is 11.4. The molecule has 19 heavy (non-hydrogen) atoms. The maximum Gasteiger partial charge on any atom is 0.243 e. The summed E-state index contributed by atoms with van der Waals surface area (Å²) in [6.45, 7) is 6.93. The van der Waals surface area contributed by atoms with Crippen LogP contribution in [0.3, 0.4) is 0 Å². The van der Waals surface area contributed by atoms with Crippen LogP contribution in [0.25, 0.3) is 0 Å². The number of nitrogens with zero attached hydrogens (tertiary/aromatic N) is 1. The Morgan fingerprint density at radius 3 is 2.84 bits per heavy atom. The van der Waals surface area contributed by atoms with Crippen molar-refractivity contribution >= 4 is 11.6 Å². The normalized spacial score (nSPS) is 10.9. The largest absolute Gasteiger partial charge is 0.619 e. The van der Waals surface area contributed by atoms with Crippen LogP contribution in [0.5, 0.6) is 0 Å². The number of carbonyl (C=O) groups excluding carboxylic acids is 1. The molecule has 1 aromatic rings. The van der Waals surface area contributed by atoms with Gasteiger partial charge >= 0.3 is 0 Å². The van der Waals surface area contributed by atoms with Gasteiger partial charge in [-0.2, -0.15) is 4.73 Å². The minimum atomic E-state index is -0.0860. The summed E-state index contributed by atoms with van der Waals surface area (Å²) in [4.78, 5) is 11.4. The van der Waals surface area contributed by atoms with Crippen LogP contribution >= 0.6 is 0 Å². The van der Waals surface area contributed by atoms with Gasteiger partial charge in [0.25, 0.3) is 0 Å². The van der Waals surface area contributed by atoms with Crippen molar-refractivity contribution in [1.29, 1.82) is 0 Å². The summed E-state index contributed by atoms with van der Waals surface area (Å²) in [5, 5.41) is 17.1. The van der Waals surface area contributed by atoms with E-state index in [1.165, 1.54) is 6.20 Å². The lowest BCUT2D eigenvalue weighted by molar-refractivity contribution is -0.612. The number of aromatic nitrogens is 1. The number of nitrogens with one attached hydrogen (secondary N) is 2. The molecule has 0 aliphatic carbocycles. The number of rotatable bonds is 6. The summed E-state index contributed by atoms with van der Waals surface area (Å²) >= 11 is 0. The smallest absolute Gasteiger partial charge is 0.243 e. The molecule has 0 atom stereocenters. The summed E-state index contributed by atoms with van der Waals surface area (Å²) in [6.07, 6.45) is 4.87. The quantitative estimate of drug-likeness (QED) is 0.352. The van der Waals surface area contributed by atoms with Crippen molar-refractivity contribution in [3.63, 3.8) is 0 Å². The van der Waals surface area contributed by atoms with E-state index in [1.807, 2.05) is 19.9 Å². The van der Waals surface area contributed by atoms with Gasteiger partial charge in [-0.1, -0.05) is 19.9 Å². The maximum atomic E-state index is 11.4. The topological polar surface area (TPSA) is 68.1 Å². The minimum absolute atomic E-state index is 0.0860. The zero-order valence-corrected chi connectivity index (χ0v) is 11.6. The van der Waals surface area contributed by atoms with Crippen molar-refractivity contribution in [1.82, 2.24) is 5.32 Å². The lowest BCUT2D eigenvalue weighted by atomic mass is 10.2. The number of hydrogen-bond donors (Lipinski definition) is 2. The molecule has 0 aromatic carbocycles. The number of hydrogen-bond acceptors (Lipinski definition) is 3. The highest BCUT2D eigenvalue weighted by atomic mass is 16.5. The van der Waals surface area contributed by atoms with Gasteiger partial charge in [-0.25, -0.2) is 0 Å². The Morgan fingerprint density at radius 1 is 1.47 bits per heavy atom. The van der Waals surface area contributed by atoms with Crippen LogP contribution in [-0.4, -0.2) is 19.0 Å². The molecule has 0 unspecified atom stereocenters. The average molecular weight is 263 g/mol. The van der Waals surface area contributed by atoms with Crippen LogP contribution in [0.2, 0.25) is 0 Å². The van der Waals surface area contributed by atoms with Gasteiger partial charge in [0.1, 0.15) is 0 Å². The van der Waals surface area contributed by atoms with Crippen molar-refractivity contribution < 1.29 is 9.52 Å². The first-order valence-electron chi connectivity index (χ1n) is 6.39. The molecule has 104 valence electrons. The molecule has 1 aromatic heterocycles. The average Bonchev–Trinajstić information content (AvgIpc) is 2.36. The van der Waals surface area contributed by atoms with Crippen LogP contribution in [-0.2, 0) is 4.79 Å². The first kappa shape index (κ1) is 15.0. The van der Waals surface area contributed by atoms with Gasteiger partial charge < -0.3 is 15.8 Å². The van der Waals surface area contributed by atoms with Crippen molar-refractivity contribution in [2.24, 2.45) is 5.92 Å². The van der Waals surface area contributed by atoms with Gasteiger partial charge in [0, 0.05) is 37.8 Å². The second kappa shape index (κ2) is 7.41. The van der Waals surface area contributed by atoms with E-state index in [-0.39, 0.29) is 5.91 Å². The molecule has 1 rings (SSSR count). The third-order valence-electron chi connectivity index (χ3n) is 2.49. The monoisotopic (exact) mass is 263 g/mol. The van der Waals surface area contributed by atoms with E-state index >= 15 is 0 Å². The van der Waals surface area contributed by atoms with Gasteiger partial charge in [0.2, 0.25) is 5.91 Å². The summed E-state index contributed by atoms with van der Waals surface area (Å²) in [5.74, 6) is 0.284. The van der Waals surface area contributed by atoms with Crippen molar-refractivity contribution in [2.75, 3.05) is 18.4 Å². The Bertz CT molecular complexity index is 456. The highest BCUT2D eigenvalue weighted by molar-refractivity contribution is 5.87. The Morgan fingerprint density at radius 2 is 2.21 bits per heavy atom. The lowest BCUT2D eigenvalue weighted by Gasteiger charge is -2.08. The molecule has 5 nitrogen and oxygen atoms in total. The molecule has 0 fully saturated rings. The van der Waals surface area contributed by atoms with Crippen LogP contribution in [0.4, 0.5) is 5.69 Å².